The quantitative estimate of drug-likeness (QED) is 0.547. The largest absolute Gasteiger partial charge is 0.380 e. The van der Waals surface area contributed by atoms with E-state index < -0.39 is 0 Å². The van der Waals surface area contributed by atoms with E-state index >= 15 is 0 Å². The highest BCUT2D eigenvalue weighted by atomic mass is 32.2. The molecule has 0 aliphatic heterocycles. The number of halogens is 1. The Morgan fingerprint density at radius 2 is 2.17 bits per heavy atom. The zero-order chi connectivity index (χ0) is 9.23. The molecule has 0 aliphatic carbocycles. The van der Waals surface area contributed by atoms with E-state index in [4.69, 9.17) is 4.74 Å². The Morgan fingerprint density at radius 1 is 1.42 bits per heavy atom. The molecule has 3 heteroatoms. The van der Waals surface area contributed by atoms with Gasteiger partial charge in [0.2, 0.25) is 0 Å². The Kier molecular flexibility index (Phi) is 9.52. The lowest BCUT2D eigenvalue weighted by molar-refractivity contribution is 0.107. The zero-order valence-corrected chi connectivity index (χ0v) is 8.83. The first-order chi connectivity index (χ1) is 5.85. The van der Waals surface area contributed by atoms with Crippen molar-refractivity contribution < 1.29 is 8.62 Å². The summed E-state index contributed by atoms with van der Waals surface area (Å²) in [5.74, 6) is 1.13. The van der Waals surface area contributed by atoms with Gasteiger partial charge < -0.3 is 4.74 Å². The van der Waals surface area contributed by atoms with Crippen LogP contribution in [0.2, 0.25) is 0 Å². The molecular weight excluding hydrogens is 175 g/mol. The van der Waals surface area contributed by atoms with Gasteiger partial charge in [-0.25, -0.2) is 0 Å². The fraction of sp³-hybridized carbons (Fsp3) is 1.00. The molecule has 0 heterocycles. The highest BCUT2D eigenvalue weighted by Crippen LogP contribution is 2.11. The summed E-state index contributed by atoms with van der Waals surface area (Å²) in [6, 6.07) is 0. The van der Waals surface area contributed by atoms with Crippen molar-refractivity contribution >= 4 is 12.1 Å². The van der Waals surface area contributed by atoms with E-state index in [0.717, 1.165) is 13.0 Å². The van der Waals surface area contributed by atoms with Gasteiger partial charge in [-0.1, -0.05) is 26.7 Å². The Hall–Kier alpha value is 0.240. The average Bonchev–Trinajstić information content (AvgIpc) is 2.10. The molecule has 0 aromatic heterocycles. The second-order valence-corrected chi connectivity index (χ2v) is 3.58. The van der Waals surface area contributed by atoms with Gasteiger partial charge in [0.15, 0.2) is 0 Å². The number of ether oxygens (including phenoxy) is 1. The van der Waals surface area contributed by atoms with Crippen molar-refractivity contribution in [2.24, 2.45) is 5.92 Å². The lowest BCUT2D eigenvalue weighted by Gasteiger charge is -2.13. The fourth-order valence-corrected chi connectivity index (χ4v) is 1.33. The van der Waals surface area contributed by atoms with Crippen molar-refractivity contribution in [1.82, 2.24) is 0 Å². The second kappa shape index (κ2) is 9.33. The van der Waals surface area contributed by atoms with Gasteiger partial charge >= 0.3 is 0 Å². The monoisotopic (exact) mass is 194 g/mol. The molecule has 0 fully saturated rings. The van der Waals surface area contributed by atoms with Crippen molar-refractivity contribution in [3.05, 3.63) is 0 Å². The Bertz CT molecular complexity index is 90.6. The van der Waals surface area contributed by atoms with Gasteiger partial charge in [0.05, 0.1) is 6.61 Å². The SMILES string of the molecule is CCCC(CC)COCCSF. The van der Waals surface area contributed by atoms with Gasteiger partial charge in [-0.2, -0.15) is 3.89 Å². The predicted molar refractivity (Wildman–Crippen MR) is 53.1 cm³/mol. The van der Waals surface area contributed by atoms with Gasteiger partial charge in [-0.05, 0) is 12.3 Å². The molecule has 0 aliphatic rings. The normalized spacial score (nSPS) is 13.2. The van der Waals surface area contributed by atoms with Crippen LogP contribution >= 0.6 is 12.1 Å². The van der Waals surface area contributed by atoms with Gasteiger partial charge in [0, 0.05) is 24.5 Å². The molecule has 1 unspecified atom stereocenters. The molecule has 0 radical (unpaired) electrons. The summed E-state index contributed by atoms with van der Waals surface area (Å²) in [7, 11) is 0. The maximum Gasteiger partial charge on any atom is 0.0582 e. The van der Waals surface area contributed by atoms with Gasteiger partial charge in [0.1, 0.15) is 0 Å². The van der Waals surface area contributed by atoms with Crippen LogP contribution in [0, 0.1) is 5.92 Å². The van der Waals surface area contributed by atoms with Crippen LogP contribution in [0.1, 0.15) is 33.1 Å². The standard InChI is InChI=1S/C9H19FOS/c1-3-5-9(4-2)8-11-6-7-12-10/h9H,3-8H2,1-2H3. The lowest BCUT2D eigenvalue weighted by Crippen LogP contribution is -2.09. The molecular formula is C9H19FOS. The Morgan fingerprint density at radius 3 is 2.67 bits per heavy atom. The number of hydrogen-bond acceptors (Lipinski definition) is 2. The van der Waals surface area contributed by atoms with E-state index in [0.29, 0.717) is 30.4 Å². The van der Waals surface area contributed by atoms with Crippen LogP contribution in [0.3, 0.4) is 0 Å². The molecule has 0 aromatic carbocycles. The van der Waals surface area contributed by atoms with Crippen LogP contribution in [0.25, 0.3) is 0 Å². The summed E-state index contributed by atoms with van der Waals surface area (Å²) in [6.07, 6.45) is 3.59. The third-order valence-electron chi connectivity index (χ3n) is 1.93. The van der Waals surface area contributed by atoms with Crippen LogP contribution in [0.15, 0.2) is 0 Å². The molecule has 0 spiro atoms. The lowest BCUT2D eigenvalue weighted by atomic mass is 10.0. The van der Waals surface area contributed by atoms with E-state index in [1.165, 1.54) is 12.8 Å². The van der Waals surface area contributed by atoms with Gasteiger partial charge in [0.25, 0.3) is 0 Å². The maximum atomic E-state index is 11.6. The van der Waals surface area contributed by atoms with Crippen molar-refractivity contribution in [2.75, 3.05) is 19.0 Å². The molecule has 0 amide bonds. The Labute approximate surface area is 79.4 Å². The van der Waals surface area contributed by atoms with Crippen LogP contribution in [-0.2, 0) is 4.74 Å². The first-order valence-electron chi connectivity index (χ1n) is 4.66. The fourth-order valence-electron chi connectivity index (χ4n) is 1.15. The van der Waals surface area contributed by atoms with Crippen LogP contribution < -0.4 is 0 Å². The second-order valence-electron chi connectivity index (χ2n) is 2.95. The van der Waals surface area contributed by atoms with E-state index in [1.807, 2.05) is 0 Å². The first kappa shape index (κ1) is 12.2. The summed E-state index contributed by atoms with van der Waals surface area (Å²) in [5.41, 5.74) is 0. The molecule has 0 rings (SSSR count). The molecule has 1 atom stereocenters. The van der Waals surface area contributed by atoms with Gasteiger partial charge in [-0.3, -0.25) is 0 Å². The molecule has 0 saturated heterocycles. The number of hydrogen-bond donors (Lipinski definition) is 0. The minimum atomic E-state index is 0.349. The third-order valence-corrected chi connectivity index (χ3v) is 2.25. The minimum absolute atomic E-state index is 0.349. The van der Waals surface area contributed by atoms with E-state index in [-0.39, 0.29) is 0 Å². The van der Waals surface area contributed by atoms with E-state index in [2.05, 4.69) is 13.8 Å². The maximum absolute atomic E-state index is 11.6. The van der Waals surface area contributed by atoms with Crippen molar-refractivity contribution in [3.63, 3.8) is 0 Å². The number of rotatable bonds is 8. The van der Waals surface area contributed by atoms with Crippen LogP contribution in [0.5, 0.6) is 0 Å². The molecule has 0 aromatic rings. The van der Waals surface area contributed by atoms with Crippen molar-refractivity contribution in [1.29, 1.82) is 0 Å². The minimum Gasteiger partial charge on any atom is -0.380 e. The summed E-state index contributed by atoms with van der Waals surface area (Å²) in [5, 5.41) is 0. The summed E-state index contributed by atoms with van der Waals surface area (Å²) in [4.78, 5) is 0. The van der Waals surface area contributed by atoms with Crippen LogP contribution in [0.4, 0.5) is 3.89 Å². The highest BCUT2D eigenvalue weighted by molar-refractivity contribution is 7.94. The van der Waals surface area contributed by atoms with Gasteiger partial charge in [-0.15, -0.1) is 0 Å². The third kappa shape index (κ3) is 6.92. The highest BCUT2D eigenvalue weighted by Gasteiger charge is 2.04. The molecule has 0 bridgehead atoms. The topological polar surface area (TPSA) is 9.23 Å². The van der Waals surface area contributed by atoms with Crippen molar-refractivity contribution in [3.8, 4) is 0 Å². The molecule has 0 N–H and O–H groups in total. The Balaban J connectivity index is 3.19. The molecule has 0 saturated carbocycles. The molecule has 12 heavy (non-hydrogen) atoms. The molecule has 1 nitrogen and oxygen atoms in total. The summed E-state index contributed by atoms with van der Waals surface area (Å²) < 4.78 is 16.9. The smallest absolute Gasteiger partial charge is 0.0582 e. The molecule has 74 valence electrons. The predicted octanol–water partition coefficient (Wildman–Crippen LogP) is 3.45. The zero-order valence-electron chi connectivity index (χ0n) is 8.01. The van der Waals surface area contributed by atoms with E-state index in [9.17, 15) is 3.89 Å². The van der Waals surface area contributed by atoms with Crippen molar-refractivity contribution in [2.45, 2.75) is 33.1 Å². The average molecular weight is 194 g/mol. The summed E-state index contributed by atoms with van der Waals surface area (Å²) >= 11 is 0.349. The van der Waals surface area contributed by atoms with E-state index in [1.54, 1.807) is 0 Å². The summed E-state index contributed by atoms with van der Waals surface area (Å²) in [6.45, 7) is 5.69. The van der Waals surface area contributed by atoms with Crippen LogP contribution in [-0.4, -0.2) is 19.0 Å². The first-order valence-corrected chi connectivity index (χ1v) is 5.55.